The monoisotopic (exact) mass is 154 g/mol. The van der Waals surface area contributed by atoms with Gasteiger partial charge < -0.3 is 4.74 Å². The first kappa shape index (κ1) is 8.31. The normalized spacial score (nSPS) is 22.2. The zero-order chi connectivity index (χ0) is 8.32. The van der Waals surface area contributed by atoms with E-state index in [2.05, 4.69) is 13.8 Å². The lowest BCUT2D eigenvalue weighted by molar-refractivity contribution is -0.125. The van der Waals surface area contributed by atoms with Crippen LogP contribution < -0.4 is 0 Å². The smallest absolute Gasteiger partial charge is 0.298 e. The average Bonchev–Trinajstić information content (AvgIpc) is 1.85. The third-order valence-corrected chi connectivity index (χ3v) is 2.05. The van der Waals surface area contributed by atoms with Crippen molar-refractivity contribution in [1.82, 2.24) is 0 Å². The van der Waals surface area contributed by atoms with Gasteiger partial charge in [0.25, 0.3) is 6.47 Å². The first-order chi connectivity index (χ1) is 5.14. The zero-order valence-corrected chi connectivity index (χ0v) is 7.09. The number of carbonyl (C=O) groups is 1. The second-order valence-electron chi connectivity index (χ2n) is 3.76. The minimum Gasteiger partial charge on any atom is -0.434 e. The predicted molar refractivity (Wildman–Crippen MR) is 42.9 cm³/mol. The van der Waals surface area contributed by atoms with Crippen molar-refractivity contribution in [2.75, 3.05) is 0 Å². The van der Waals surface area contributed by atoms with Gasteiger partial charge in [-0.2, -0.15) is 0 Å². The molecule has 62 valence electrons. The molecule has 0 saturated heterocycles. The molecule has 0 spiro atoms. The number of allylic oxidation sites excluding steroid dienone is 2. The maximum Gasteiger partial charge on any atom is 0.298 e. The highest BCUT2D eigenvalue weighted by Crippen LogP contribution is 2.34. The Labute approximate surface area is 67.2 Å². The van der Waals surface area contributed by atoms with Crippen LogP contribution in [0.2, 0.25) is 0 Å². The summed E-state index contributed by atoms with van der Waals surface area (Å²) in [5, 5.41) is 0. The number of ether oxygens (including phenoxy) is 1. The molecule has 2 nitrogen and oxygen atoms in total. The minimum atomic E-state index is 0.299. The van der Waals surface area contributed by atoms with Gasteiger partial charge in [0.2, 0.25) is 0 Å². The van der Waals surface area contributed by atoms with Crippen molar-refractivity contribution < 1.29 is 9.53 Å². The van der Waals surface area contributed by atoms with Crippen molar-refractivity contribution in [3.8, 4) is 0 Å². The van der Waals surface area contributed by atoms with Gasteiger partial charge in [-0.25, -0.2) is 0 Å². The van der Waals surface area contributed by atoms with Crippen molar-refractivity contribution in [3.05, 3.63) is 11.8 Å². The Kier molecular flexibility index (Phi) is 2.32. The van der Waals surface area contributed by atoms with Gasteiger partial charge in [0, 0.05) is 6.42 Å². The third kappa shape index (κ3) is 2.37. The van der Waals surface area contributed by atoms with E-state index in [0.29, 0.717) is 11.9 Å². The SMILES string of the molecule is CC1(C)CCC=C(OC=O)C1. The van der Waals surface area contributed by atoms with Gasteiger partial charge in [-0.3, -0.25) is 4.79 Å². The zero-order valence-electron chi connectivity index (χ0n) is 7.09. The molecule has 1 aliphatic rings. The van der Waals surface area contributed by atoms with Gasteiger partial charge in [0.15, 0.2) is 0 Å². The van der Waals surface area contributed by atoms with E-state index in [1.807, 2.05) is 6.08 Å². The van der Waals surface area contributed by atoms with Crippen LogP contribution in [0.3, 0.4) is 0 Å². The number of carbonyl (C=O) groups excluding carboxylic acids is 1. The molecular formula is C9H14O2. The molecule has 0 aromatic heterocycles. The molecular weight excluding hydrogens is 140 g/mol. The van der Waals surface area contributed by atoms with Gasteiger partial charge in [0.1, 0.15) is 5.76 Å². The van der Waals surface area contributed by atoms with Gasteiger partial charge in [-0.05, 0) is 24.3 Å². The Hall–Kier alpha value is -0.790. The molecule has 1 rings (SSSR count). The summed E-state index contributed by atoms with van der Waals surface area (Å²) in [6.07, 6.45) is 5.08. The standard InChI is InChI=1S/C9H14O2/c1-9(2)5-3-4-8(6-9)11-7-10/h4,7H,3,5-6H2,1-2H3. The Balaban J connectivity index is 2.55. The topological polar surface area (TPSA) is 26.3 Å². The summed E-state index contributed by atoms with van der Waals surface area (Å²) in [5.41, 5.74) is 0.299. The summed E-state index contributed by atoms with van der Waals surface area (Å²) in [4.78, 5) is 10.0. The molecule has 0 unspecified atom stereocenters. The van der Waals surface area contributed by atoms with E-state index in [4.69, 9.17) is 4.74 Å². The Morgan fingerprint density at radius 2 is 2.36 bits per heavy atom. The largest absolute Gasteiger partial charge is 0.434 e. The third-order valence-electron chi connectivity index (χ3n) is 2.05. The second kappa shape index (κ2) is 3.07. The highest BCUT2D eigenvalue weighted by molar-refractivity contribution is 5.40. The van der Waals surface area contributed by atoms with Crippen molar-refractivity contribution >= 4 is 6.47 Å². The van der Waals surface area contributed by atoms with Crippen LogP contribution in [0.25, 0.3) is 0 Å². The van der Waals surface area contributed by atoms with Crippen LogP contribution in [0.15, 0.2) is 11.8 Å². The molecule has 0 radical (unpaired) electrons. The van der Waals surface area contributed by atoms with Gasteiger partial charge in [-0.15, -0.1) is 0 Å². The number of hydrogen-bond donors (Lipinski definition) is 0. The fourth-order valence-electron chi connectivity index (χ4n) is 1.41. The Morgan fingerprint density at radius 1 is 1.64 bits per heavy atom. The molecule has 0 bridgehead atoms. The van der Waals surface area contributed by atoms with E-state index >= 15 is 0 Å². The molecule has 0 aromatic carbocycles. The van der Waals surface area contributed by atoms with Crippen LogP contribution in [0.5, 0.6) is 0 Å². The molecule has 2 heteroatoms. The van der Waals surface area contributed by atoms with Gasteiger partial charge in [0.05, 0.1) is 0 Å². The molecule has 0 N–H and O–H groups in total. The lowest BCUT2D eigenvalue weighted by atomic mass is 9.80. The average molecular weight is 154 g/mol. The Morgan fingerprint density at radius 3 is 2.91 bits per heavy atom. The number of hydrogen-bond acceptors (Lipinski definition) is 2. The first-order valence-electron chi connectivity index (χ1n) is 3.93. The molecule has 0 saturated carbocycles. The van der Waals surface area contributed by atoms with Crippen LogP contribution in [-0.2, 0) is 9.53 Å². The lowest BCUT2D eigenvalue weighted by Crippen LogP contribution is -2.16. The quantitative estimate of drug-likeness (QED) is 0.570. The van der Waals surface area contributed by atoms with E-state index in [1.54, 1.807) is 0 Å². The maximum atomic E-state index is 10.0. The summed E-state index contributed by atoms with van der Waals surface area (Å²) >= 11 is 0. The van der Waals surface area contributed by atoms with Crippen molar-refractivity contribution in [2.45, 2.75) is 33.1 Å². The molecule has 1 aliphatic carbocycles. The summed E-state index contributed by atoms with van der Waals surface area (Å²) < 4.78 is 4.80. The van der Waals surface area contributed by atoms with Gasteiger partial charge >= 0.3 is 0 Å². The summed E-state index contributed by atoms with van der Waals surface area (Å²) in [6, 6.07) is 0. The summed E-state index contributed by atoms with van der Waals surface area (Å²) in [5.74, 6) is 0.830. The van der Waals surface area contributed by atoms with E-state index in [-0.39, 0.29) is 0 Å². The van der Waals surface area contributed by atoms with Crippen molar-refractivity contribution in [3.63, 3.8) is 0 Å². The molecule has 0 aromatic rings. The van der Waals surface area contributed by atoms with Crippen LogP contribution in [-0.4, -0.2) is 6.47 Å². The van der Waals surface area contributed by atoms with E-state index < -0.39 is 0 Å². The van der Waals surface area contributed by atoms with Crippen molar-refractivity contribution in [2.24, 2.45) is 5.41 Å². The highest BCUT2D eigenvalue weighted by Gasteiger charge is 2.23. The number of rotatable bonds is 2. The molecule has 0 fully saturated rings. The maximum absolute atomic E-state index is 10.0. The summed E-state index contributed by atoms with van der Waals surface area (Å²) in [7, 11) is 0. The molecule has 11 heavy (non-hydrogen) atoms. The van der Waals surface area contributed by atoms with E-state index in [9.17, 15) is 4.79 Å². The van der Waals surface area contributed by atoms with Crippen molar-refractivity contribution in [1.29, 1.82) is 0 Å². The van der Waals surface area contributed by atoms with E-state index in [0.717, 1.165) is 18.6 Å². The summed E-state index contributed by atoms with van der Waals surface area (Å²) in [6.45, 7) is 4.88. The first-order valence-corrected chi connectivity index (χ1v) is 3.93. The fraction of sp³-hybridized carbons (Fsp3) is 0.667. The van der Waals surface area contributed by atoms with Crippen LogP contribution in [0.1, 0.15) is 33.1 Å². The molecule has 0 aliphatic heterocycles. The fourth-order valence-corrected chi connectivity index (χ4v) is 1.41. The molecule has 0 heterocycles. The lowest BCUT2D eigenvalue weighted by Gasteiger charge is -2.28. The molecule has 0 amide bonds. The minimum absolute atomic E-state index is 0.299. The van der Waals surface area contributed by atoms with Crippen LogP contribution in [0.4, 0.5) is 0 Å². The highest BCUT2D eigenvalue weighted by atomic mass is 16.5. The second-order valence-corrected chi connectivity index (χ2v) is 3.76. The van der Waals surface area contributed by atoms with E-state index in [1.165, 1.54) is 6.42 Å². The van der Waals surface area contributed by atoms with Crippen LogP contribution >= 0.6 is 0 Å². The predicted octanol–water partition coefficient (Wildman–Crippen LogP) is 2.25. The Bertz CT molecular complexity index is 180. The molecule has 0 atom stereocenters. The van der Waals surface area contributed by atoms with Gasteiger partial charge in [-0.1, -0.05) is 13.8 Å². The van der Waals surface area contributed by atoms with Crippen LogP contribution in [0, 0.1) is 5.41 Å².